The van der Waals surface area contributed by atoms with Gasteiger partial charge in [-0.15, -0.1) is 0 Å². The molecule has 0 spiro atoms. The summed E-state index contributed by atoms with van der Waals surface area (Å²) < 4.78 is 5.83. The maximum absolute atomic E-state index is 11.0. The molecule has 2 unspecified atom stereocenters. The first-order chi connectivity index (χ1) is 9.49. The largest absolute Gasteiger partial charge is 0.483 e. The van der Waals surface area contributed by atoms with Crippen molar-refractivity contribution in [3.63, 3.8) is 0 Å². The molecule has 0 aromatic heterocycles. The molecule has 1 aromatic carbocycles. The summed E-state index contributed by atoms with van der Waals surface area (Å²) in [5, 5.41) is 11.0. The number of hydrogen-bond donors (Lipinski definition) is 0. The summed E-state index contributed by atoms with van der Waals surface area (Å²) >= 11 is 0. The Kier molecular flexibility index (Phi) is 4.37. The minimum Gasteiger partial charge on any atom is -0.483 e. The number of carbonyl (C=O) groups is 1. The third-order valence-corrected chi connectivity index (χ3v) is 3.75. The minimum atomic E-state index is -0.473. The lowest BCUT2D eigenvalue weighted by molar-refractivity contribution is -0.386. The second kappa shape index (κ2) is 6.03. The molecule has 0 N–H and O–H groups in total. The Morgan fingerprint density at radius 3 is 2.45 bits per heavy atom. The molecular formula is C15H19NO4. The van der Waals surface area contributed by atoms with Crippen LogP contribution in [0.1, 0.15) is 43.5 Å². The van der Waals surface area contributed by atoms with E-state index in [2.05, 4.69) is 13.8 Å². The molecule has 1 aromatic rings. The van der Waals surface area contributed by atoms with Crippen molar-refractivity contribution >= 4 is 12.0 Å². The van der Waals surface area contributed by atoms with Crippen LogP contribution in [-0.4, -0.2) is 17.3 Å². The number of nitro benzene ring substituents is 1. The van der Waals surface area contributed by atoms with E-state index in [0.29, 0.717) is 23.7 Å². The van der Waals surface area contributed by atoms with E-state index >= 15 is 0 Å². The first-order valence-corrected chi connectivity index (χ1v) is 6.90. The Balaban J connectivity index is 2.22. The highest BCUT2D eigenvalue weighted by atomic mass is 16.6. The fourth-order valence-electron chi connectivity index (χ4n) is 3.00. The zero-order chi connectivity index (χ0) is 14.7. The van der Waals surface area contributed by atoms with Gasteiger partial charge in [0.1, 0.15) is 6.29 Å². The summed E-state index contributed by atoms with van der Waals surface area (Å²) in [6.45, 7) is 4.34. The summed E-state index contributed by atoms with van der Waals surface area (Å²) in [6, 6.07) is 4.22. The minimum absolute atomic E-state index is 0.0191. The van der Waals surface area contributed by atoms with E-state index in [-0.39, 0.29) is 17.5 Å². The Morgan fingerprint density at radius 1 is 1.25 bits per heavy atom. The Bertz CT molecular complexity index is 505. The molecule has 1 aliphatic carbocycles. The van der Waals surface area contributed by atoms with Crippen LogP contribution in [0.25, 0.3) is 0 Å². The van der Waals surface area contributed by atoms with Gasteiger partial charge in [-0.05, 0) is 43.2 Å². The van der Waals surface area contributed by atoms with Crippen LogP contribution in [0.3, 0.4) is 0 Å². The molecule has 0 bridgehead atoms. The van der Waals surface area contributed by atoms with Gasteiger partial charge in [-0.25, -0.2) is 0 Å². The van der Waals surface area contributed by atoms with Crippen molar-refractivity contribution in [2.24, 2.45) is 11.8 Å². The molecule has 2 atom stereocenters. The number of nitro groups is 1. The number of nitrogens with zero attached hydrogens (tertiary/aromatic N) is 1. The molecule has 108 valence electrons. The normalized spacial score (nSPS) is 26.0. The van der Waals surface area contributed by atoms with Crippen molar-refractivity contribution in [2.45, 2.75) is 39.2 Å². The van der Waals surface area contributed by atoms with Crippen LogP contribution in [0.15, 0.2) is 18.2 Å². The third-order valence-electron chi connectivity index (χ3n) is 3.75. The number of hydrogen-bond acceptors (Lipinski definition) is 4. The van der Waals surface area contributed by atoms with Gasteiger partial charge in [0.15, 0.2) is 5.75 Å². The lowest BCUT2D eigenvalue weighted by atomic mass is 9.82. The van der Waals surface area contributed by atoms with E-state index in [1.807, 2.05) is 0 Å². The van der Waals surface area contributed by atoms with E-state index in [0.717, 1.165) is 19.3 Å². The highest BCUT2D eigenvalue weighted by Crippen LogP contribution is 2.34. The average Bonchev–Trinajstić information content (AvgIpc) is 2.37. The summed E-state index contributed by atoms with van der Waals surface area (Å²) in [7, 11) is 0. The molecule has 2 rings (SSSR count). The van der Waals surface area contributed by atoms with E-state index in [9.17, 15) is 14.9 Å². The fraction of sp³-hybridized carbons (Fsp3) is 0.533. The Hall–Kier alpha value is -1.91. The SMILES string of the molecule is CC1CC(C)CC(Oc2cc(C=O)ccc2[N+](=O)[O-])C1. The molecule has 20 heavy (non-hydrogen) atoms. The smallest absolute Gasteiger partial charge is 0.310 e. The first kappa shape index (κ1) is 14.5. The van der Waals surface area contributed by atoms with Crippen molar-refractivity contribution in [1.29, 1.82) is 0 Å². The molecule has 1 aliphatic rings. The van der Waals surface area contributed by atoms with Gasteiger partial charge in [0, 0.05) is 11.6 Å². The maximum Gasteiger partial charge on any atom is 0.310 e. The molecule has 1 saturated carbocycles. The summed E-state index contributed by atoms with van der Waals surface area (Å²) in [5.41, 5.74) is 0.309. The Labute approximate surface area is 118 Å². The van der Waals surface area contributed by atoms with E-state index < -0.39 is 4.92 Å². The molecule has 0 amide bonds. The van der Waals surface area contributed by atoms with Gasteiger partial charge in [-0.3, -0.25) is 14.9 Å². The molecule has 1 fully saturated rings. The predicted molar refractivity (Wildman–Crippen MR) is 75.1 cm³/mol. The van der Waals surface area contributed by atoms with Crippen LogP contribution in [0.4, 0.5) is 5.69 Å². The first-order valence-electron chi connectivity index (χ1n) is 6.90. The summed E-state index contributed by atoms with van der Waals surface area (Å²) in [4.78, 5) is 21.4. The van der Waals surface area contributed by atoms with Crippen LogP contribution >= 0.6 is 0 Å². The lowest BCUT2D eigenvalue weighted by Crippen LogP contribution is -2.28. The Morgan fingerprint density at radius 2 is 1.90 bits per heavy atom. The average molecular weight is 277 g/mol. The van der Waals surface area contributed by atoms with Gasteiger partial charge in [-0.1, -0.05) is 13.8 Å². The standard InChI is InChI=1S/C15H19NO4/c1-10-5-11(2)7-13(6-10)20-15-8-12(9-17)3-4-14(15)16(18)19/h3-4,8-11,13H,5-7H2,1-2H3. The highest BCUT2D eigenvalue weighted by Gasteiger charge is 2.27. The van der Waals surface area contributed by atoms with Crippen molar-refractivity contribution in [3.05, 3.63) is 33.9 Å². The molecule has 0 saturated heterocycles. The van der Waals surface area contributed by atoms with Gasteiger partial charge in [0.25, 0.3) is 0 Å². The molecule has 5 nitrogen and oxygen atoms in total. The van der Waals surface area contributed by atoms with Gasteiger partial charge in [0.2, 0.25) is 0 Å². The van der Waals surface area contributed by atoms with Crippen molar-refractivity contribution in [2.75, 3.05) is 0 Å². The molecular weight excluding hydrogens is 258 g/mol. The third kappa shape index (κ3) is 3.35. The van der Waals surface area contributed by atoms with Crippen molar-refractivity contribution in [3.8, 4) is 5.75 Å². The van der Waals surface area contributed by atoms with Gasteiger partial charge in [-0.2, -0.15) is 0 Å². The van der Waals surface area contributed by atoms with E-state index in [1.165, 1.54) is 18.2 Å². The fourth-order valence-corrected chi connectivity index (χ4v) is 3.00. The molecule has 0 heterocycles. The van der Waals surface area contributed by atoms with E-state index in [1.54, 1.807) is 0 Å². The second-order valence-corrected chi connectivity index (χ2v) is 5.76. The monoisotopic (exact) mass is 277 g/mol. The van der Waals surface area contributed by atoms with Crippen LogP contribution in [0.5, 0.6) is 5.75 Å². The van der Waals surface area contributed by atoms with Gasteiger partial charge < -0.3 is 4.74 Å². The molecule has 0 aliphatic heterocycles. The highest BCUT2D eigenvalue weighted by molar-refractivity contribution is 5.76. The topological polar surface area (TPSA) is 69.4 Å². The molecule has 5 heteroatoms. The van der Waals surface area contributed by atoms with Crippen LogP contribution in [-0.2, 0) is 0 Å². The number of carbonyl (C=O) groups excluding carboxylic acids is 1. The maximum atomic E-state index is 11.0. The number of aldehydes is 1. The van der Waals surface area contributed by atoms with Gasteiger partial charge >= 0.3 is 5.69 Å². The molecule has 0 radical (unpaired) electrons. The number of benzene rings is 1. The zero-order valence-electron chi connectivity index (χ0n) is 11.7. The van der Waals surface area contributed by atoms with Crippen LogP contribution in [0.2, 0.25) is 0 Å². The second-order valence-electron chi connectivity index (χ2n) is 5.76. The van der Waals surface area contributed by atoms with Crippen molar-refractivity contribution in [1.82, 2.24) is 0 Å². The summed E-state index contributed by atoms with van der Waals surface area (Å²) in [6.07, 6.45) is 3.60. The van der Waals surface area contributed by atoms with Crippen molar-refractivity contribution < 1.29 is 14.5 Å². The number of rotatable bonds is 4. The van der Waals surface area contributed by atoms with Gasteiger partial charge in [0.05, 0.1) is 11.0 Å². The number of ether oxygens (including phenoxy) is 1. The summed E-state index contributed by atoms with van der Waals surface area (Å²) in [5.74, 6) is 1.31. The zero-order valence-corrected chi connectivity index (χ0v) is 11.7. The van der Waals surface area contributed by atoms with E-state index in [4.69, 9.17) is 4.74 Å². The van der Waals surface area contributed by atoms with Crippen LogP contribution < -0.4 is 4.74 Å². The van der Waals surface area contributed by atoms with Crippen LogP contribution in [0, 0.1) is 22.0 Å². The lowest BCUT2D eigenvalue weighted by Gasteiger charge is -2.31. The predicted octanol–water partition coefficient (Wildman–Crippen LogP) is 3.61. The quantitative estimate of drug-likeness (QED) is 0.479.